The van der Waals surface area contributed by atoms with Crippen molar-refractivity contribution in [3.8, 4) is 0 Å². The summed E-state index contributed by atoms with van der Waals surface area (Å²) in [6.07, 6.45) is 0. The van der Waals surface area contributed by atoms with E-state index in [0.29, 0.717) is 0 Å². The molecule has 0 radical (unpaired) electrons. The van der Waals surface area contributed by atoms with Crippen LogP contribution in [0, 0.1) is 0 Å². The van der Waals surface area contributed by atoms with E-state index in [1.54, 1.807) is 0 Å². The Morgan fingerprint density at radius 1 is 1.27 bits per heavy atom. The van der Waals surface area contributed by atoms with Gasteiger partial charge in [-0.2, -0.15) is 0 Å². The molecule has 0 heterocycles. The van der Waals surface area contributed by atoms with Crippen LogP contribution in [0.2, 0.25) is 0 Å². The first-order valence-corrected chi connectivity index (χ1v) is 3.19. The first-order valence-electron chi connectivity index (χ1n) is 2.44. The Balaban J connectivity index is 4.66. The van der Waals surface area contributed by atoms with E-state index < -0.39 is 21.9 Å². The van der Waals surface area contributed by atoms with E-state index in [9.17, 15) is 9.59 Å². The van der Waals surface area contributed by atoms with E-state index in [-0.39, 0.29) is 0 Å². The molecule has 2 N–H and O–H groups in total. The van der Waals surface area contributed by atoms with E-state index in [1.165, 1.54) is 0 Å². The second-order valence-corrected chi connectivity index (χ2v) is 2.24. The number of carbonyl (C=O) groups excluding carboxylic acids is 2. The molecule has 0 spiro atoms. The Bertz CT molecular complexity index is 224. The molecule has 1 amide bonds. The number of halogens is 2. The van der Waals surface area contributed by atoms with Crippen molar-refractivity contribution in [2.45, 2.75) is 0 Å². The zero-order chi connectivity index (χ0) is 9.02. The fourth-order valence-electron chi connectivity index (χ4n) is 0.287. The number of nitrogens with two attached hydrogens (primary N) is 1. The molecule has 0 saturated heterocycles. The third kappa shape index (κ3) is 2.78. The normalized spacial score (nSPS) is 11.9. The van der Waals surface area contributed by atoms with Crippen LogP contribution in [0.25, 0.3) is 0 Å². The molecule has 0 unspecified atom stereocenters. The molecule has 62 valence electrons. The zero-order valence-corrected chi connectivity index (χ0v) is 7.07. The minimum absolute atomic E-state index is 0.512. The Hall–Kier alpha value is -0.740. The molecular formula is C5H5Cl2NO3. The molecule has 0 aromatic rings. The van der Waals surface area contributed by atoms with Gasteiger partial charge < -0.3 is 10.5 Å². The van der Waals surface area contributed by atoms with E-state index in [4.69, 9.17) is 28.9 Å². The lowest BCUT2D eigenvalue weighted by Gasteiger charge is -1.96. The summed E-state index contributed by atoms with van der Waals surface area (Å²) in [7, 11) is 1.11. The summed E-state index contributed by atoms with van der Waals surface area (Å²) in [5.74, 6) is -1.86. The molecule has 11 heavy (non-hydrogen) atoms. The van der Waals surface area contributed by atoms with Crippen molar-refractivity contribution >= 4 is 35.1 Å². The maximum Gasteiger partial charge on any atom is 0.351 e. The maximum absolute atomic E-state index is 10.6. The summed E-state index contributed by atoms with van der Waals surface area (Å²) in [4.78, 5) is 20.9. The van der Waals surface area contributed by atoms with Crippen LogP contribution in [0.5, 0.6) is 0 Å². The highest BCUT2D eigenvalue weighted by Gasteiger charge is 2.15. The molecule has 0 aromatic heterocycles. The van der Waals surface area contributed by atoms with E-state index in [1.807, 2.05) is 0 Å². The third-order valence-electron chi connectivity index (χ3n) is 0.774. The summed E-state index contributed by atoms with van der Waals surface area (Å²) in [5, 5.41) is -1.04. The molecule has 0 aromatic carbocycles. The Kier molecular flexibility index (Phi) is 3.92. The number of primary amides is 1. The van der Waals surface area contributed by atoms with Crippen LogP contribution in [0.3, 0.4) is 0 Å². The van der Waals surface area contributed by atoms with Gasteiger partial charge in [-0.15, -0.1) is 0 Å². The van der Waals surface area contributed by atoms with Gasteiger partial charge in [0.2, 0.25) is 0 Å². The number of methoxy groups -OCH3 is 1. The highest BCUT2D eigenvalue weighted by atomic mass is 35.5. The van der Waals surface area contributed by atoms with Crippen molar-refractivity contribution in [1.29, 1.82) is 0 Å². The second-order valence-electron chi connectivity index (χ2n) is 1.48. The molecule has 0 aliphatic rings. The van der Waals surface area contributed by atoms with Crippen LogP contribution in [0.1, 0.15) is 0 Å². The van der Waals surface area contributed by atoms with Crippen LogP contribution >= 0.6 is 23.2 Å². The SMILES string of the molecule is COC(=O)/C(Cl)=C(\Cl)C(N)=O. The van der Waals surface area contributed by atoms with Gasteiger partial charge >= 0.3 is 5.97 Å². The topological polar surface area (TPSA) is 69.4 Å². The van der Waals surface area contributed by atoms with Crippen molar-refractivity contribution in [2.24, 2.45) is 5.73 Å². The fraction of sp³-hybridized carbons (Fsp3) is 0.200. The van der Waals surface area contributed by atoms with E-state index in [0.717, 1.165) is 7.11 Å². The fourth-order valence-corrected chi connectivity index (χ4v) is 0.535. The molecule has 4 nitrogen and oxygen atoms in total. The summed E-state index contributed by atoms with van der Waals surface area (Å²) >= 11 is 10.5. The van der Waals surface area contributed by atoms with Crippen molar-refractivity contribution in [1.82, 2.24) is 0 Å². The highest BCUT2D eigenvalue weighted by Crippen LogP contribution is 2.14. The number of rotatable bonds is 2. The van der Waals surface area contributed by atoms with Crippen LogP contribution in [-0.4, -0.2) is 19.0 Å². The number of ether oxygens (including phenoxy) is 1. The molecule has 0 rings (SSSR count). The van der Waals surface area contributed by atoms with Gasteiger partial charge in [-0.1, -0.05) is 23.2 Å². The van der Waals surface area contributed by atoms with Gasteiger partial charge in [0.15, 0.2) is 0 Å². The largest absolute Gasteiger partial charge is 0.465 e. The zero-order valence-electron chi connectivity index (χ0n) is 5.56. The summed E-state index contributed by atoms with van der Waals surface area (Å²) < 4.78 is 4.16. The number of carbonyl (C=O) groups is 2. The van der Waals surface area contributed by atoms with Gasteiger partial charge in [-0.3, -0.25) is 4.79 Å². The number of amides is 1. The van der Waals surface area contributed by atoms with Crippen molar-refractivity contribution in [3.63, 3.8) is 0 Å². The first kappa shape index (κ1) is 10.3. The van der Waals surface area contributed by atoms with Crippen LogP contribution in [0.15, 0.2) is 10.1 Å². The minimum Gasteiger partial charge on any atom is -0.465 e. The lowest BCUT2D eigenvalue weighted by molar-refractivity contribution is -0.135. The second kappa shape index (κ2) is 4.20. The minimum atomic E-state index is -0.970. The molecule has 0 fully saturated rings. The summed E-state index contributed by atoms with van der Waals surface area (Å²) in [6, 6.07) is 0. The van der Waals surface area contributed by atoms with Crippen molar-refractivity contribution < 1.29 is 14.3 Å². The van der Waals surface area contributed by atoms with Crippen LogP contribution in [-0.2, 0) is 14.3 Å². The molecule has 0 aliphatic carbocycles. The van der Waals surface area contributed by atoms with Gasteiger partial charge in [0, 0.05) is 0 Å². The molecule has 0 saturated carbocycles. The van der Waals surface area contributed by atoms with E-state index >= 15 is 0 Å². The average molecular weight is 198 g/mol. The Morgan fingerprint density at radius 3 is 2.00 bits per heavy atom. The summed E-state index contributed by atoms with van der Waals surface area (Å²) in [5.41, 5.74) is 4.71. The predicted octanol–water partition coefficient (Wildman–Crippen LogP) is 0.334. The predicted molar refractivity (Wildman–Crippen MR) is 39.9 cm³/mol. The Morgan fingerprint density at radius 2 is 1.73 bits per heavy atom. The molecule has 0 atom stereocenters. The molecule has 0 aliphatic heterocycles. The summed E-state index contributed by atoms with van der Waals surface area (Å²) in [6.45, 7) is 0. The first-order chi connectivity index (χ1) is 5.00. The Labute approximate surface area is 72.9 Å². The lowest BCUT2D eigenvalue weighted by Crippen LogP contribution is -2.14. The smallest absolute Gasteiger partial charge is 0.351 e. The lowest BCUT2D eigenvalue weighted by atomic mass is 10.5. The van der Waals surface area contributed by atoms with Gasteiger partial charge in [-0.05, 0) is 0 Å². The highest BCUT2D eigenvalue weighted by molar-refractivity contribution is 6.53. The van der Waals surface area contributed by atoms with Crippen LogP contribution in [0.4, 0.5) is 0 Å². The van der Waals surface area contributed by atoms with Crippen LogP contribution < -0.4 is 5.73 Å². The van der Waals surface area contributed by atoms with Gasteiger partial charge in [0.1, 0.15) is 10.1 Å². The number of hydrogen-bond donors (Lipinski definition) is 1. The quantitative estimate of drug-likeness (QED) is 0.513. The van der Waals surface area contributed by atoms with Crippen molar-refractivity contribution in [2.75, 3.05) is 7.11 Å². The standard InChI is InChI=1S/C5H5Cl2NO3/c1-11-5(10)3(7)2(6)4(8)9/h1H3,(H2,8,9)/b3-2+. The number of esters is 1. The van der Waals surface area contributed by atoms with Gasteiger partial charge in [0.05, 0.1) is 7.11 Å². The molecular weight excluding hydrogens is 193 g/mol. The van der Waals surface area contributed by atoms with Crippen molar-refractivity contribution in [3.05, 3.63) is 10.1 Å². The van der Waals surface area contributed by atoms with Gasteiger partial charge in [-0.25, -0.2) is 4.79 Å². The average Bonchev–Trinajstić information content (AvgIpc) is 2.00. The third-order valence-corrected chi connectivity index (χ3v) is 1.59. The van der Waals surface area contributed by atoms with E-state index in [2.05, 4.69) is 4.74 Å². The number of hydrogen-bond acceptors (Lipinski definition) is 3. The van der Waals surface area contributed by atoms with Gasteiger partial charge in [0.25, 0.3) is 5.91 Å². The monoisotopic (exact) mass is 197 g/mol. The molecule has 0 bridgehead atoms. The maximum atomic E-state index is 10.6. The molecule has 6 heteroatoms.